The monoisotopic (exact) mass is 414 g/mol. The summed E-state index contributed by atoms with van der Waals surface area (Å²) in [6, 6.07) is 13.9. The summed E-state index contributed by atoms with van der Waals surface area (Å²) in [5.41, 5.74) is 1.81. The Morgan fingerprint density at radius 3 is 2.13 bits per heavy atom. The van der Waals surface area contributed by atoms with Gasteiger partial charge in [-0.3, -0.25) is 0 Å². The van der Waals surface area contributed by atoms with Crippen molar-refractivity contribution in [3.8, 4) is 28.0 Å². The maximum absolute atomic E-state index is 14.7. The van der Waals surface area contributed by atoms with Gasteiger partial charge < -0.3 is 4.74 Å². The second kappa shape index (κ2) is 9.61. The molecule has 0 spiro atoms. The van der Waals surface area contributed by atoms with E-state index < -0.39 is 17.5 Å². The molecule has 0 N–H and O–H groups in total. The average molecular weight is 414 g/mol. The van der Waals surface area contributed by atoms with Gasteiger partial charge in [0.25, 0.3) is 0 Å². The highest BCUT2D eigenvalue weighted by molar-refractivity contribution is 5.72. The zero-order chi connectivity index (χ0) is 21.7. The van der Waals surface area contributed by atoms with Gasteiger partial charge in [0.1, 0.15) is 11.6 Å². The van der Waals surface area contributed by atoms with Crippen molar-refractivity contribution in [3.05, 3.63) is 83.4 Å². The molecule has 3 aromatic rings. The van der Waals surface area contributed by atoms with Crippen LogP contribution in [-0.4, -0.2) is 6.61 Å². The molecule has 0 radical (unpaired) electrons. The van der Waals surface area contributed by atoms with Crippen molar-refractivity contribution in [3.63, 3.8) is 0 Å². The third kappa shape index (κ3) is 4.73. The molecule has 3 rings (SSSR count). The maximum atomic E-state index is 14.7. The minimum Gasteiger partial charge on any atom is -0.491 e. The van der Waals surface area contributed by atoms with Gasteiger partial charge in [-0.2, -0.15) is 4.39 Å². The van der Waals surface area contributed by atoms with E-state index in [0.29, 0.717) is 17.5 Å². The number of ether oxygens (including phenoxy) is 1. The molecule has 0 bridgehead atoms. The molecule has 0 aromatic heterocycles. The van der Waals surface area contributed by atoms with Crippen molar-refractivity contribution in [1.82, 2.24) is 0 Å². The molecule has 0 unspecified atom stereocenters. The van der Waals surface area contributed by atoms with Crippen LogP contribution in [0, 0.1) is 17.5 Å². The van der Waals surface area contributed by atoms with Crippen LogP contribution in [0.1, 0.15) is 32.3 Å². The van der Waals surface area contributed by atoms with E-state index in [1.807, 2.05) is 6.92 Å². The fraction of sp³-hybridized carbons (Fsp3) is 0.200. The minimum absolute atomic E-state index is 0.0422. The number of benzene rings is 3. The van der Waals surface area contributed by atoms with Crippen LogP contribution in [0.4, 0.5) is 17.6 Å². The summed E-state index contributed by atoms with van der Waals surface area (Å²) in [5.74, 6) is -3.37. The lowest BCUT2D eigenvalue weighted by atomic mass is 9.98. The van der Waals surface area contributed by atoms with Gasteiger partial charge in [-0.15, -0.1) is 0 Å². The minimum atomic E-state index is -1.15. The predicted octanol–water partition coefficient (Wildman–Crippen LogP) is 7.95. The van der Waals surface area contributed by atoms with E-state index in [2.05, 4.69) is 0 Å². The Kier molecular flexibility index (Phi) is 6.93. The van der Waals surface area contributed by atoms with Gasteiger partial charge in [0, 0.05) is 11.1 Å². The van der Waals surface area contributed by atoms with Crippen LogP contribution in [0.2, 0.25) is 0 Å². The van der Waals surface area contributed by atoms with Crippen molar-refractivity contribution in [2.75, 3.05) is 6.61 Å². The van der Waals surface area contributed by atoms with Gasteiger partial charge in [-0.25, -0.2) is 13.2 Å². The lowest BCUT2D eigenvalue weighted by molar-refractivity contribution is 0.314. The molecule has 0 aliphatic carbocycles. The first-order chi connectivity index (χ1) is 14.4. The summed E-state index contributed by atoms with van der Waals surface area (Å²) >= 11 is 0. The van der Waals surface area contributed by atoms with Crippen LogP contribution >= 0.6 is 0 Å². The highest BCUT2D eigenvalue weighted by atomic mass is 19.2. The van der Waals surface area contributed by atoms with Gasteiger partial charge in [-0.1, -0.05) is 43.3 Å². The molecule has 0 atom stereocenters. The normalized spacial score (nSPS) is 11.6. The molecule has 0 fully saturated rings. The molecule has 3 aromatic carbocycles. The first kappa shape index (κ1) is 21.6. The Labute approximate surface area is 173 Å². The molecule has 0 aliphatic heterocycles. The zero-order valence-electron chi connectivity index (χ0n) is 16.8. The van der Waals surface area contributed by atoms with Gasteiger partial charge in [-0.05, 0) is 60.7 Å². The van der Waals surface area contributed by atoms with Gasteiger partial charge >= 0.3 is 0 Å². The topological polar surface area (TPSA) is 9.23 Å². The van der Waals surface area contributed by atoms with Crippen LogP contribution < -0.4 is 4.74 Å². The van der Waals surface area contributed by atoms with E-state index in [1.165, 1.54) is 30.3 Å². The summed E-state index contributed by atoms with van der Waals surface area (Å²) in [7, 11) is 0. The summed E-state index contributed by atoms with van der Waals surface area (Å²) in [6.07, 6.45) is 2.59. The smallest absolute Gasteiger partial charge is 0.201 e. The molecule has 0 saturated heterocycles. The van der Waals surface area contributed by atoms with E-state index in [0.717, 1.165) is 12.0 Å². The molecule has 1 nitrogen and oxygen atoms in total. The third-order valence-corrected chi connectivity index (χ3v) is 4.66. The number of allylic oxidation sites excluding steroid dienone is 1. The standard InChI is InChI=1S/C25H22F4O/c1-3-5-19(26)14-16-6-8-17(9-7-16)18-10-11-20(22(27)15-18)21-12-13-23(30-4-2)25(29)24(21)28/h6-15H,3-5H2,1-2H3/b19-14-. The molecule has 0 amide bonds. The van der Waals surface area contributed by atoms with Gasteiger partial charge in [0.15, 0.2) is 11.6 Å². The first-order valence-corrected chi connectivity index (χ1v) is 9.81. The Hall–Kier alpha value is -3.08. The highest BCUT2D eigenvalue weighted by Crippen LogP contribution is 2.33. The van der Waals surface area contributed by atoms with Crippen LogP contribution in [0.25, 0.3) is 28.3 Å². The van der Waals surface area contributed by atoms with Crippen LogP contribution in [0.5, 0.6) is 5.75 Å². The largest absolute Gasteiger partial charge is 0.491 e. The quantitative estimate of drug-likeness (QED) is 0.357. The molecule has 156 valence electrons. The average Bonchev–Trinajstić information content (AvgIpc) is 2.73. The molecular formula is C25H22F4O. The highest BCUT2D eigenvalue weighted by Gasteiger charge is 2.18. The van der Waals surface area contributed by atoms with E-state index in [1.54, 1.807) is 37.3 Å². The molecule has 0 aliphatic rings. The van der Waals surface area contributed by atoms with E-state index >= 15 is 0 Å². The van der Waals surface area contributed by atoms with Crippen molar-refractivity contribution >= 4 is 6.08 Å². The van der Waals surface area contributed by atoms with Gasteiger partial charge in [0.05, 0.1) is 6.61 Å². The lowest BCUT2D eigenvalue weighted by Crippen LogP contribution is -1.99. The van der Waals surface area contributed by atoms with E-state index in [-0.39, 0.29) is 29.3 Å². The van der Waals surface area contributed by atoms with Crippen molar-refractivity contribution in [1.29, 1.82) is 0 Å². The van der Waals surface area contributed by atoms with Crippen molar-refractivity contribution < 1.29 is 22.3 Å². The summed E-state index contributed by atoms with van der Waals surface area (Å²) in [5, 5.41) is 0. The van der Waals surface area contributed by atoms with E-state index in [9.17, 15) is 17.6 Å². The lowest BCUT2D eigenvalue weighted by Gasteiger charge is -2.11. The van der Waals surface area contributed by atoms with Crippen LogP contribution in [0.15, 0.2) is 60.4 Å². The Morgan fingerprint density at radius 1 is 0.833 bits per heavy atom. The van der Waals surface area contributed by atoms with E-state index in [4.69, 9.17) is 4.74 Å². The molecule has 30 heavy (non-hydrogen) atoms. The van der Waals surface area contributed by atoms with Crippen molar-refractivity contribution in [2.24, 2.45) is 0 Å². The number of rotatable bonds is 7. The third-order valence-electron chi connectivity index (χ3n) is 4.66. The van der Waals surface area contributed by atoms with Crippen molar-refractivity contribution in [2.45, 2.75) is 26.7 Å². The fourth-order valence-electron chi connectivity index (χ4n) is 3.18. The summed E-state index contributed by atoms with van der Waals surface area (Å²) < 4.78 is 62.0. The van der Waals surface area contributed by atoms with Gasteiger partial charge in [0.2, 0.25) is 5.82 Å². The first-order valence-electron chi connectivity index (χ1n) is 9.81. The second-order valence-electron chi connectivity index (χ2n) is 6.83. The Morgan fingerprint density at radius 2 is 1.50 bits per heavy atom. The number of halogens is 4. The molecule has 5 heteroatoms. The molecule has 0 saturated carbocycles. The maximum Gasteiger partial charge on any atom is 0.201 e. The SMILES string of the molecule is CCC/C(F)=C/c1ccc(-c2ccc(-c3ccc(OCC)c(F)c3F)c(F)c2)cc1. The molecular weight excluding hydrogens is 392 g/mol. The Balaban J connectivity index is 1.89. The summed E-state index contributed by atoms with van der Waals surface area (Å²) in [4.78, 5) is 0. The molecule has 0 heterocycles. The second-order valence-corrected chi connectivity index (χ2v) is 6.83. The van der Waals surface area contributed by atoms with Crippen LogP contribution in [-0.2, 0) is 0 Å². The zero-order valence-corrected chi connectivity index (χ0v) is 16.8. The number of hydrogen-bond acceptors (Lipinski definition) is 1. The Bertz CT molecular complexity index is 1060. The number of hydrogen-bond donors (Lipinski definition) is 0. The summed E-state index contributed by atoms with van der Waals surface area (Å²) in [6.45, 7) is 3.76. The fourth-order valence-corrected chi connectivity index (χ4v) is 3.18. The van der Waals surface area contributed by atoms with Crippen LogP contribution in [0.3, 0.4) is 0 Å². The predicted molar refractivity (Wildman–Crippen MR) is 112 cm³/mol.